The molecule has 0 unspecified atom stereocenters. The van der Waals surface area contributed by atoms with Crippen molar-refractivity contribution in [2.24, 2.45) is 28.9 Å². The number of nitrogens with one attached hydrogen (secondary N) is 2. The number of nitrogens with two attached hydrogens (primary N) is 1. The number of piperidine rings is 1. The number of pyridine rings is 1. The third kappa shape index (κ3) is 4.74. The van der Waals surface area contributed by atoms with E-state index in [0.29, 0.717) is 10.8 Å². The molecule has 2 fully saturated rings. The van der Waals surface area contributed by atoms with Gasteiger partial charge in [0.2, 0.25) is 17.7 Å². The van der Waals surface area contributed by atoms with Crippen LogP contribution < -0.4 is 16.4 Å². The summed E-state index contributed by atoms with van der Waals surface area (Å²) in [7, 11) is 0. The Morgan fingerprint density at radius 2 is 1.84 bits per heavy atom. The van der Waals surface area contributed by atoms with Crippen LogP contribution in [0.4, 0.5) is 13.2 Å². The second kappa shape index (κ2) is 9.48. The molecule has 0 radical (unpaired) electrons. The van der Waals surface area contributed by atoms with Gasteiger partial charge in [0, 0.05) is 29.7 Å². The Labute approximate surface area is 215 Å². The highest BCUT2D eigenvalue weighted by atomic mass is 19.4. The molecular weight excluding hydrogens is 507 g/mol. The first-order valence-electron chi connectivity index (χ1n) is 12.0. The van der Waals surface area contributed by atoms with Gasteiger partial charge in [-0.3, -0.25) is 24.2 Å². The number of halogens is 3. The summed E-state index contributed by atoms with van der Waals surface area (Å²) in [5, 5.41) is 13.2. The van der Waals surface area contributed by atoms with Crippen molar-refractivity contribution in [1.29, 1.82) is 0 Å². The van der Waals surface area contributed by atoms with Gasteiger partial charge in [-0.05, 0) is 29.2 Å². The van der Waals surface area contributed by atoms with Gasteiger partial charge in [-0.1, -0.05) is 27.7 Å². The monoisotopic (exact) mass is 535 g/mol. The standard InChI is InChI=1S/C24H28F3N7O4/c1-10(2)15(32-22(38)24(25,26)27)21(37)34-9-13-14(23(13,3)4)18(34)20(36)31-17(19(28)35)16-12-5-6-29-7-11(12)8-30-33-16/h5-8,10,13-15,17-18H,9H2,1-4H3,(H2,28,35)(H,31,36)(H,32,38)/t13-,14-,15-,17-,18-/m0/s1. The number of carbonyl (C=O) groups excluding carboxylic acids is 4. The number of carbonyl (C=O) groups is 4. The van der Waals surface area contributed by atoms with Gasteiger partial charge in [0.05, 0.1) is 6.20 Å². The second-order valence-corrected chi connectivity index (χ2v) is 10.6. The minimum Gasteiger partial charge on any atom is -0.368 e. The fourth-order valence-corrected chi connectivity index (χ4v) is 5.39. The fourth-order valence-electron chi connectivity index (χ4n) is 5.39. The van der Waals surface area contributed by atoms with E-state index in [1.54, 1.807) is 11.4 Å². The summed E-state index contributed by atoms with van der Waals surface area (Å²) in [6, 6.07) is -2.42. The van der Waals surface area contributed by atoms with E-state index in [2.05, 4.69) is 20.5 Å². The van der Waals surface area contributed by atoms with Crippen LogP contribution in [0, 0.1) is 23.2 Å². The number of rotatable bonds is 7. The number of aromatic nitrogens is 3. The molecule has 4 rings (SSSR count). The zero-order valence-corrected chi connectivity index (χ0v) is 21.1. The van der Waals surface area contributed by atoms with Crippen LogP contribution in [-0.2, 0) is 19.2 Å². The Balaban J connectivity index is 1.63. The van der Waals surface area contributed by atoms with Crippen molar-refractivity contribution in [1.82, 2.24) is 30.7 Å². The van der Waals surface area contributed by atoms with Gasteiger partial charge in [0.1, 0.15) is 17.8 Å². The number of hydrogen-bond donors (Lipinski definition) is 3. The number of hydrogen-bond acceptors (Lipinski definition) is 7. The van der Waals surface area contributed by atoms with Crippen molar-refractivity contribution in [2.75, 3.05) is 6.54 Å². The minimum atomic E-state index is -5.18. The van der Waals surface area contributed by atoms with Gasteiger partial charge >= 0.3 is 12.1 Å². The summed E-state index contributed by atoms with van der Waals surface area (Å²) < 4.78 is 38.8. The van der Waals surface area contributed by atoms with Gasteiger partial charge < -0.3 is 21.3 Å². The molecule has 2 aliphatic rings. The number of nitrogens with zero attached hydrogens (tertiary/aromatic N) is 4. The average Bonchev–Trinajstić information content (AvgIpc) is 3.16. The predicted octanol–water partition coefficient (Wildman–Crippen LogP) is 0.854. The van der Waals surface area contributed by atoms with Crippen molar-refractivity contribution >= 4 is 34.4 Å². The van der Waals surface area contributed by atoms with E-state index in [-0.39, 0.29) is 29.5 Å². The second-order valence-electron chi connectivity index (χ2n) is 10.6. The van der Waals surface area contributed by atoms with E-state index >= 15 is 0 Å². The summed E-state index contributed by atoms with van der Waals surface area (Å²) in [6.45, 7) is 6.94. The average molecular weight is 536 g/mol. The highest BCUT2D eigenvalue weighted by Gasteiger charge is 2.69. The first-order chi connectivity index (χ1) is 17.7. The van der Waals surface area contributed by atoms with E-state index in [0.717, 1.165) is 0 Å². The van der Waals surface area contributed by atoms with Crippen LogP contribution in [0.3, 0.4) is 0 Å². The summed E-state index contributed by atoms with van der Waals surface area (Å²) in [6.07, 6.45) is -0.766. The van der Waals surface area contributed by atoms with Crippen molar-refractivity contribution in [3.05, 3.63) is 30.4 Å². The van der Waals surface area contributed by atoms with Crippen molar-refractivity contribution in [3.63, 3.8) is 0 Å². The van der Waals surface area contributed by atoms with E-state index in [1.807, 2.05) is 13.8 Å². The summed E-state index contributed by atoms with van der Waals surface area (Å²) in [5.74, 6) is -5.78. The molecule has 5 atom stereocenters. The van der Waals surface area contributed by atoms with Crippen LogP contribution in [0.25, 0.3) is 10.8 Å². The number of amides is 4. The van der Waals surface area contributed by atoms with Crippen LogP contribution in [0.1, 0.15) is 39.4 Å². The van der Waals surface area contributed by atoms with Crippen LogP contribution >= 0.6 is 0 Å². The summed E-state index contributed by atoms with van der Waals surface area (Å²) in [4.78, 5) is 56.3. The molecule has 2 aromatic heterocycles. The molecule has 14 heteroatoms. The quantitative estimate of drug-likeness (QED) is 0.474. The Bertz CT molecular complexity index is 1290. The summed E-state index contributed by atoms with van der Waals surface area (Å²) in [5.41, 5.74) is 5.38. The smallest absolute Gasteiger partial charge is 0.368 e. The molecule has 0 spiro atoms. The fraction of sp³-hybridized carbons (Fsp3) is 0.542. The maximum absolute atomic E-state index is 13.6. The molecule has 0 aromatic carbocycles. The normalized spacial score (nSPS) is 23.5. The van der Waals surface area contributed by atoms with Crippen molar-refractivity contribution in [2.45, 2.75) is 52.0 Å². The maximum Gasteiger partial charge on any atom is 0.471 e. The number of primary amides is 1. The lowest BCUT2D eigenvalue weighted by Crippen LogP contribution is -2.59. The molecule has 38 heavy (non-hydrogen) atoms. The van der Waals surface area contributed by atoms with Crippen LogP contribution in [0.5, 0.6) is 0 Å². The topological polar surface area (TPSA) is 160 Å². The van der Waals surface area contributed by atoms with E-state index < -0.39 is 53.8 Å². The first kappa shape index (κ1) is 27.2. The molecule has 4 N–H and O–H groups in total. The van der Waals surface area contributed by atoms with Crippen LogP contribution in [0.2, 0.25) is 0 Å². The molecule has 3 heterocycles. The molecule has 4 amide bonds. The predicted molar refractivity (Wildman–Crippen MR) is 126 cm³/mol. The highest BCUT2D eigenvalue weighted by Crippen LogP contribution is 2.65. The molecule has 1 aliphatic carbocycles. The number of fused-ring (bicyclic) bond motifs is 2. The Kier molecular flexibility index (Phi) is 6.78. The van der Waals surface area contributed by atoms with Gasteiger partial charge in [-0.25, -0.2) is 0 Å². The van der Waals surface area contributed by atoms with Crippen molar-refractivity contribution < 1.29 is 32.3 Å². The van der Waals surface area contributed by atoms with E-state index in [4.69, 9.17) is 5.73 Å². The minimum absolute atomic E-state index is 0.0886. The largest absolute Gasteiger partial charge is 0.471 e. The molecule has 1 saturated carbocycles. The Morgan fingerprint density at radius 3 is 2.45 bits per heavy atom. The molecule has 0 bridgehead atoms. The zero-order chi connectivity index (χ0) is 28.2. The first-order valence-corrected chi connectivity index (χ1v) is 12.0. The van der Waals surface area contributed by atoms with Crippen molar-refractivity contribution in [3.8, 4) is 0 Å². The highest BCUT2D eigenvalue weighted by molar-refractivity contribution is 5.97. The maximum atomic E-state index is 13.6. The van der Waals surface area contributed by atoms with Gasteiger partial charge in [0.15, 0.2) is 6.04 Å². The van der Waals surface area contributed by atoms with Crippen LogP contribution in [-0.4, -0.2) is 68.5 Å². The lowest BCUT2D eigenvalue weighted by molar-refractivity contribution is -0.175. The third-order valence-electron chi connectivity index (χ3n) is 7.57. The van der Waals surface area contributed by atoms with Gasteiger partial charge in [-0.15, -0.1) is 0 Å². The Morgan fingerprint density at radius 1 is 1.16 bits per heavy atom. The summed E-state index contributed by atoms with van der Waals surface area (Å²) >= 11 is 0. The number of likely N-dealkylation sites (tertiary alicyclic amines) is 1. The lowest BCUT2D eigenvalue weighted by Gasteiger charge is -2.34. The molecule has 1 saturated heterocycles. The van der Waals surface area contributed by atoms with E-state index in [1.165, 1.54) is 37.3 Å². The van der Waals surface area contributed by atoms with Crippen LogP contribution in [0.15, 0.2) is 24.7 Å². The molecular formula is C24H28F3N7O4. The molecule has 1 aliphatic heterocycles. The molecule has 204 valence electrons. The Hall–Kier alpha value is -3.84. The molecule has 11 nitrogen and oxygen atoms in total. The zero-order valence-electron chi connectivity index (χ0n) is 21.1. The lowest BCUT2D eigenvalue weighted by atomic mass is 9.97. The third-order valence-corrected chi connectivity index (χ3v) is 7.57. The van der Waals surface area contributed by atoms with Gasteiger partial charge in [-0.2, -0.15) is 23.4 Å². The van der Waals surface area contributed by atoms with E-state index in [9.17, 15) is 32.3 Å². The van der Waals surface area contributed by atoms with Gasteiger partial charge in [0.25, 0.3) is 0 Å². The molecule has 2 aromatic rings. The number of alkyl halides is 3. The SMILES string of the molecule is CC(C)[C@H](NC(=O)C(F)(F)F)C(=O)N1C[C@H]2[C@@H]([C@H]1C(=O)N[C@H](C(N)=O)c1nncc3cnccc13)C2(C)C.